The lowest BCUT2D eigenvalue weighted by Crippen LogP contribution is -2.19. The lowest BCUT2D eigenvalue weighted by atomic mass is 10.1. The van der Waals surface area contributed by atoms with Gasteiger partial charge in [-0.1, -0.05) is 60.1 Å². The summed E-state index contributed by atoms with van der Waals surface area (Å²) in [5.41, 5.74) is 1.70. The van der Waals surface area contributed by atoms with Crippen molar-refractivity contribution in [3.8, 4) is 11.3 Å². The van der Waals surface area contributed by atoms with Crippen molar-refractivity contribution in [1.82, 2.24) is 5.32 Å². The molecule has 1 fully saturated rings. The summed E-state index contributed by atoms with van der Waals surface area (Å²) in [6.45, 7) is 0. The number of fused-ring (bicyclic) bond motifs is 1. The van der Waals surface area contributed by atoms with Crippen LogP contribution in [0, 0.1) is 0 Å². The number of amidine groups is 1. The van der Waals surface area contributed by atoms with Crippen LogP contribution in [0.15, 0.2) is 93.2 Å². The van der Waals surface area contributed by atoms with Gasteiger partial charge in [0.1, 0.15) is 11.5 Å². The van der Waals surface area contributed by atoms with Gasteiger partial charge in [0.25, 0.3) is 5.91 Å². The molecule has 1 aliphatic heterocycles. The smallest absolute Gasteiger partial charge is 0.264 e. The monoisotopic (exact) mass is 430 g/mol. The zero-order valence-corrected chi connectivity index (χ0v) is 17.2. The number of halogens is 1. The van der Waals surface area contributed by atoms with Gasteiger partial charge >= 0.3 is 0 Å². The third kappa shape index (κ3) is 3.77. The Balaban J connectivity index is 1.41. The van der Waals surface area contributed by atoms with E-state index in [2.05, 4.69) is 10.3 Å². The molecule has 2 heterocycles. The van der Waals surface area contributed by atoms with Crippen molar-refractivity contribution in [3.05, 3.63) is 94.6 Å². The summed E-state index contributed by atoms with van der Waals surface area (Å²) in [5, 5.41) is 6.16. The van der Waals surface area contributed by atoms with E-state index in [4.69, 9.17) is 16.0 Å². The number of nitrogens with one attached hydrogen (secondary N) is 1. The maximum Gasteiger partial charge on any atom is 0.264 e. The van der Waals surface area contributed by atoms with E-state index in [1.54, 1.807) is 6.08 Å². The minimum atomic E-state index is -0.195. The van der Waals surface area contributed by atoms with E-state index in [1.165, 1.54) is 11.8 Å². The molecule has 0 atom stereocenters. The molecule has 4 aromatic rings. The zero-order valence-electron chi connectivity index (χ0n) is 15.6. The summed E-state index contributed by atoms with van der Waals surface area (Å²) < 4.78 is 5.88. The van der Waals surface area contributed by atoms with Crippen LogP contribution < -0.4 is 5.32 Å². The van der Waals surface area contributed by atoms with Crippen molar-refractivity contribution in [1.29, 1.82) is 0 Å². The molecule has 1 aromatic heterocycles. The molecule has 3 aromatic carbocycles. The number of carbonyl (C=O) groups is 1. The van der Waals surface area contributed by atoms with Crippen molar-refractivity contribution in [2.75, 3.05) is 0 Å². The molecule has 1 N–H and O–H groups in total. The predicted octanol–water partition coefficient (Wildman–Crippen LogP) is 6.64. The molecule has 0 bridgehead atoms. The van der Waals surface area contributed by atoms with Crippen molar-refractivity contribution in [2.45, 2.75) is 0 Å². The molecule has 1 amide bonds. The second-order valence-corrected chi connectivity index (χ2v) is 8.16. The molecule has 5 rings (SSSR count). The van der Waals surface area contributed by atoms with Crippen LogP contribution in [0.2, 0.25) is 5.02 Å². The first-order valence-electron chi connectivity index (χ1n) is 9.29. The van der Waals surface area contributed by atoms with Crippen molar-refractivity contribution < 1.29 is 9.21 Å². The van der Waals surface area contributed by atoms with Gasteiger partial charge in [-0.05, 0) is 47.5 Å². The molecule has 4 nitrogen and oxygen atoms in total. The van der Waals surface area contributed by atoms with Crippen LogP contribution in [-0.4, -0.2) is 11.1 Å². The fourth-order valence-electron chi connectivity index (χ4n) is 3.25. The molecule has 0 unspecified atom stereocenters. The quantitative estimate of drug-likeness (QED) is 0.370. The summed E-state index contributed by atoms with van der Waals surface area (Å²) >= 11 is 7.35. The average Bonchev–Trinajstić information content (AvgIpc) is 3.35. The topological polar surface area (TPSA) is 54.6 Å². The molecule has 146 valence electrons. The summed E-state index contributed by atoms with van der Waals surface area (Å²) in [4.78, 5) is 17.6. The molecule has 1 aliphatic rings. The highest BCUT2D eigenvalue weighted by Crippen LogP contribution is 2.32. The number of aliphatic imine (C=N–C) groups is 1. The van der Waals surface area contributed by atoms with Crippen LogP contribution in [0.25, 0.3) is 28.2 Å². The second-order valence-electron chi connectivity index (χ2n) is 6.69. The minimum absolute atomic E-state index is 0.195. The first kappa shape index (κ1) is 18.7. The Hall–Kier alpha value is -3.28. The highest BCUT2D eigenvalue weighted by molar-refractivity contribution is 8.18. The van der Waals surface area contributed by atoms with E-state index < -0.39 is 0 Å². The van der Waals surface area contributed by atoms with Gasteiger partial charge < -0.3 is 9.73 Å². The molecular weight excluding hydrogens is 416 g/mol. The Morgan fingerprint density at radius 1 is 0.967 bits per heavy atom. The highest BCUT2D eigenvalue weighted by atomic mass is 35.5. The highest BCUT2D eigenvalue weighted by Gasteiger charge is 2.24. The number of carbonyl (C=O) groups excluding carboxylic acids is 1. The van der Waals surface area contributed by atoms with E-state index in [9.17, 15) is 4.79 Å². The molecule has 0 radical (unpaired) electrons. The third-order valence-electron chi connectivity index (χ3n) is 4.65. The van der Waals surface area contributed by atoms with Gasteiger partial charge in [0.15, 0.2) is 5.17 Å². The molecule has 0 saturated carbocycles. The zero-order chi connectivity index (χ0) is 20.5. The number of hydrogen-bond donors (Lipinski definition) is 1. The number of benzene rings is 3. The van der Waals surface area contributed by atoms with Crippen LogP contribution >= 0.6 is 23.4 Å². The van der Waals surface area contributed by atoms with E-state index in [1.807, 2.05) is 78.9 Å². The standard InChI is InChI=1S/C24H15ClN2O2S/c25-17-8-3-7-16(13-17)21-12-11-18(29-21)14-22-23(28)27-24(30-22)26-20-10-4-6-15-5-1-2-9-19(15)20/h1-14H,(H,26,27,28). The van der Waals surface area contributed by atoms with Gasteiger partial charge in [-0.25, -0.2) is 4.99 Å². The predicted molar refractivity (Wildman–Crippen MR) is 124 cm³/mol. The molecule has 1 saturated heterocycles. The largest absolute Gasteiger partial charge is 0.457 e. The normalized spacial score (nSPS) is 16.5. The molecule has 0 aliphatic carbocycles. The lowest BCUT2D eigenvalue weighted by Gasteiger charge is -2.02. The Bertz CT molecular complexity index is 1330. The van der Waals surface area contributed by atoms with Gasteiger partial charge in [0, 0.05) is 22.0 Å². The summed E-state index contributed by atoms with van der Waals surface area (Å²) in [7, 11) is 0. The van der Waals surface area contributed by atoms with Gasteiger partial charge in [0.2, 0.25) is 0 Å². The second kappa shape index (κ2) is 7.86. The number of thioether (sulfide) groups is 1. The Kier molecular flexibility index (Phi) is 4.91. The fourth-order valence-corrected chi connectivity index (χ4v) is 4.26. The molecule has 6 heteroatoms. The van der Waals surface area contributed by atoms with E-state index in [-0.39, 0.29) is 5.91 Å². The maximum absolute atomic E-state index is 12.4. The molecule has 30 heavy (non-hydrogen) atoms. The SMILES string of the molecule is O=C1NC(=Nc2cccc3ccccc23)SC1=Cc1ccc(-c2cccc(Cl)c2)o1. The van der Waals surface area contributed by atoms with Crippen LogP contribution in [-0.2, 0) is 4.79 Å². The third-order valence-corrected chi connectivity index (χ3v) is 5.79. The first-order valence-corrected chi connectivity index (χ1v) is 10.5. The van der Waals surface area contributed by atoms with E-state index in [0.29, 0.717) is 26.6 Å². The van der Waals surface area contributed by atoms with Crippen LogP contribution in [0.1, 0.15) is 5.76 Å². The molecular formula is C24H15ClN2O2S. The number of nitrogens with zero attached hydrogens (tertiary/aromatic N) is 1. The van der Waals surface area contributed by atoms with Crippen molar-refractivity contribution in [3.63, 3.8) is 0 Å². The number of amides is 1. The minimum Gasteiger partial charge on any atom is -0.457 e. The van der Waals surface area contributed by atoms with Gasteiger partial charge in [-0.3, -0.25) is 4.79 Å². The van der Waals surface area contributed by atoms with Crippen LogP contribution in [0.3, 0.4) is 0 Å². The maximum atomic E-state index is 12.4. The van der Waals surface area contributed by atoms with Crippen LogP contribution in [0.4, 0.5) is 5.69 Å². The Morgan fingerprint density at radius 2 is 1.80 bits per heavy atom. The van der Waals surface area contributed by atoms with Crippen LogP contribution in [0.5, 0.6) is 0 Å². The first-order chi connectivity index (χ1) is 14.7. The van der Waals surface area contributed by atoms with Gasteiger partial charge in [-0.15, -0.1) is 0 Å². The van der Waals surface area contributed by atoms with Crippen molar-refractivity contribution in [2.24, 2.45) is 4.99 Å². The van der Waals surface area contributed by atoms with Gasteiger partial charge in [0.05, 0.1) is 10.6 Å². The van der Waals surface area contributed by atoms with E-state index >= 15 is 0 Å². The summed E-state index contributed by atoms with van der Waals surface area (Å²) in [6.07, 6.45) is 1.72. The number of hydrogen-bond acceptors (Lipinski definition) is 4. The average molecular weight is 431 g/mol. The Morgan fingerprint density at radius 3 is 2.70 bits per heavy atom. The summed E-state index contributed by atoms with van der Waals surface area (Å²) in [6, 6.07) is 25.1. The van der Waals surface area contributed by atoms with Gasteiger partial charge in [-0.2, -0.15) is 0 Å². The summed E-state index contributed by atoms with van der Waals surface area (Å²) in [5.74, 6) is 1.09. The number of rotatable bonds is 3. The lowest BCUT2D eigenvalue weighted by molar-refractivity contribution is -0.115. The number of furan rings is 1. The molecule has 0 spiro atoms. The fraction of sp³-hybridized carbons (Fsp3) is 0. The van der Waals surface area contributed by atoms with Crippen molar-refractivity contribution >= 4 is 57.0 Å². The van der Waals surface area contributed by atoms with E-state index in [0.717, 1.165) is 22.0 Å². The Labute approximate surface area is 182 Å².